The third-order valence-corrected chi connectivity index (χ3v) is 1.75. The molecule has 4 nitrogen and oxygen atoms in total. The fraction of sp³-hybridized carbons (Fsp3) is 0.444. The minimum atomic E-state index is -6.00. The van der Waals surface area contributed by atoms with Crippen molar-refractivity contribution in [3.8, 4) is 0 Å². The van der Waals surface area contributed by atoms with E-state index in [1.54, 1.807) is 18.7 Å². The van der Waals surface area contributed by atoms with Gasteiger partial charge >= 0.3 is 7.25 Å². The average molecular weight is 267 g/mol. The Morgan fingerprint density at radius 2 is 1.89 bits per heavy atom. The Morgan fingerprint density at radius 3 is 2.06 bits per heavy atom. The number of H-pyrrole nitrogens is 1. The van der Waals surface area contributed by atoms with Crippen LogP contribution in [0, 0.1) is 0 Å². The number of hydrogen-bond donors (Lipinski definition) is 1. The van der Waals surface area contributed by atoms with Gasteiger partial charge in [0.15, 0.2) is 0 Å². The van der Waals surface area contributed by atoms with Gasteiger partial charge < -0.3 is 32.0 Å². The predicted molar refractivity (Wildman–Crippen MR) is 62.9 cm³/mol. The van der Waals surface area contributed by atoms with Gasteiger partial charge in [0.1, 0.15) is 0 Å². The molecule has 1 aromatic heterocycles. The van der Waals surface area contributed by atoms with E-state index in [-0.39, 0.29) is 0 Å². The van der Waals surface area contributed by atoms with Crippen LogP contribution < -0.4 is 0 Å². The largest absolute Gasteiger partial charge is 0.673 e. The lowest BCUT2D eigenvalue weighted by molar-refractivity contribution is 0.308. The Labute approximate surface area is 103 Å². The summed E-state index contributed by atoms with van der Waals surface area (Å²) in [4.78, 5) is 10.8. The van der Waals surface area contributed by atoms with E-state index in [1.165, 1.54) is 0 Å². The predicted octanol–water partition coefficient (Wildman–Crippen LogP) is 2.39. The Morgan fingerprint density at radius 1 is 1.28 bits per heavy atom. The number of imidazole rings is 1. The maximum Gasteiger partial charge on any atom is 0.673 e. The van der Waals surface area contributed by atoms with E-state index >= 15 is 0 Å². The first-order chi connectivity index (χ1) is 8.33. The van der Waals surface area contributed by atoms with Gasteiger partial charge in [-0.2, -0.15) is 0 Å². The molecular formula is C9H16BF4N4-. The van der Waals surface area contributed by atoms with Gasteiger partial charge in [-0.25, -0.2) is 4.98 Å². The second-order valence-corrected chi connectivity index (χ2v) is 3.36. The lowest BCUT2D eigenvalue weighted by Crippen LogP contribution is -2.21. The highest BCUT2D eigenvalue weighted by Crippen LogP contribution is 2.06. The fourth-order valence-corrected chi connectivity index (χ4v) is 1.01. The Bertz CT molecular complexity index is 292. The molecule has 0 spiro atoms. The van der Waals surface area contributed by atoms with Crippen molar-refractivity contribution in [2.45, 2.75) is 6.92 Å². The zero-order chi connectivity index (χ0) is 14.0. The summed E-state index contributed by atoms with van der Waals surface area (Å²) in [6.07, 6.45) is 9.28. The van der Waals surface area contributed by atoms with Gasteiger partial charge in [-0.1, -0.05) is 0 Å². The van der Waals surface area contributed by atoms with E-state index in [1.807, 2.05) is 0 Å². The SMILES string of the molecule is CCN1C=CN(C)C1.F[B-](F)(F)F.c1c[nH]cn1. The maximum absolute atomic E-state index is 9.75. The van der Waals surface area contributed by atoms with Crippen LogP contribution in [-0.2, 0) is 0 Å². The van der Waals surface area contributed by atoms with Crippen LogP contribution in [0.5, 0.6) is 0 Å². The van der Waals surface area contributed by atoms with Crippen LogP contribution in [0.1, 0.15) is 6.92 Å². The van der Waals surface area contributed by atoms with Crippen molar-refractivity contribution in [1.29, 1.82) is 0 Å². The molecule has 0 radical (unpaired) electrons. The first-order valence-electron chi connectivity index (χ1n) is 5.25. The summed E-state index contributed by atoms with van der Waals surface area (Å²) < 4.78 is 39.0. The fourth-order valence-electron chi connectivity index (χ4n) is 1.01. The number of rotatable bonds is 1. The van der Waals surface area contributed by atoms with E-state index < -0.39 is 7.25 Å². The summed E-state index contributed by atoms with van der Waals surface area (Å²) in [5.41, 5.74) is 0. The Kier molecular flexibility index (Phi) is 7.65. The first kappa shape index (κ1) is 16.3. The number of hydrogen-bond acceptors (Lipinski definition) is 3. The highest BCUT2D eigenvalue weighted by molar-refractivity contribution is 6.50. The van der Waals surface area contributed by atoms with Crippen molar-refractivity contribution >= 4 is 7.25 Å². The van der Waals surface area contributed by atoms with Gasteiger partial charge in [0.2, 0.25) is 0 Å². The molecule has 0 bridgehead atoms. The monoisotopic (exact) mass is 267 g/mol. The minimum Gasteiger partial charge on any atom is -0.418 e. The van der Waals surface area contributed by atoms with Crippen LogP contribution in [0.2, 0.25) is 0 Å². The van der Waals surface area contributed by atoms with Crippen LogP contribution >= 0.6 is 0 Å². The topological polar surface area (TPSA) is 35.2 Å². The number of aromatic amines is 1. The second kappa shape index (κ2) is 8.43. The molecule has 1 aliphatic heterocycles. The lowest BCUT2D eigenvalue weighted by atomic mass is 10.3. The summed E-state index contributed by atoms with van der Waals surface area (Å²) in [7, 11) is -3.92. The minimum absolute atomic E-state index is 1.05. The van der Waals surface area contributed by atoms with Crippen molar-refractivity contribution in [3.63, 3.8) is 0 Å². The molecule has 2 heterocycles. The molecule has 1 aromatic rings. The molecule has 0 aromatic carbocycles. The summed E-state index contributed by atoms with van der Waals surface area (Å²) in [6, 6.07) is 0. The molecule has 2 rings (SSSR count). The lowest BCUT2D eigenvalue weighted by Gasteiger charge is -2.14. The molecule has 0 saturated carbocycles. The highest BCUT2D eigenvalue weighted by Gasteiger charge is 2.20. The highest BCUT2D eigenvalue weighted by atomic mass is 19.5. The molecule has 9 heteroatoms. The summed E-state index contributed by atoms with van der Waals surface area (Å²) in [5.74, 6) is 0. The van der Waals surface area contributed by atoms with Crippen LogP contribution in [0.25, 0.3) is 0 Å². The van der Waals surface area contributed by atoms with Crippen molar-refractivity contribution in [2.75, 3.05) is 20.3 Å². The summed E-state index contributed by atoms with van der Waals surface area (Å²) in [5, 5.41) is 0. The summed E-state index contributed by atoms with van der Waals surface area (Å²) in [6.45, 7) is 4.32. The number of nitrogens with zero attached hydrogens (tertiary/aromatic N) is 3. The average Bonchev–Trinajstić information content (AvgIpc) is 2.87. The van der Waals surface area contributed by atoms with E-state index in [0.29, 0.717) is 0 Å². The van der Waals surface area contributed by atoms with Gasteiger partial charge in [-0.3, -0.25) is 0 Å². The number of nitrogens with one attached hydrogen (secondary N) is 1. The first-order valence-corrected chi connectivity index (χ1v) is 5.25. The van der Waals surface area contributed by atoms with Crippen LogP contribution in [-0.4, -0.2) is 47.3 Å². The zero-order valence-electron chi connectivity index (χ0n) is 10.2. The third kappa shape index (κ3) is 12.4. The van der Waals surface area contributed by atoms with E-state index in [4.69, 9.17) is 0 Å². The smallest absolute Gasteiger partial charge is 0.418 e. The molecular weight excluding hydrogens is 251 g/mol. The number of aromatic nitrogens is 2. The van der Waals surface area contributed by atoms with Crippen molar-refractivity contribution in [1.82, 2.24) is 19.8 Å². The van der Waals surface area contributed by atoms with Gasteiger partial charge in [0.05, 0.1) is 13.0 Å². The molecule has 0 fully saturated rings. The van der Waals surface area contributed by atoms with Crippen molar-refractivity contribution < 1.29 is 17.3 Å². The molecule has 1 N–H and O–H groups in total. The Balaban J connectivity index is 0.000000254. The van der Waals surface area contributed by atoms with Crippen LogP contribution in [0.4, 0.5) is 17.3 Å². The van der Waals surface area contributed by atoms with Gasteiger partial charge in [-0.05, 0) is 6.92 Å². The van der Waals surface area contributed by atoms with Gasteiger partial charge in [0.25, 0.3) is 0 Å². The molecule has 18 heavy (non-hydrogen) atoms. The summed E-state index contributed by atoms with van der Waals surface area (Å²) >= 11 is 0. The normalized spacial score (nSPS) is 13.7. The Hall–Kier alpha value is -1.67. The number of halogens is 4. The molecule has 0 aliphatic carbocycles. The molecule has 0 atom stereocenters. The quantitative estimate of drug-likeness (QED) is 0.626. The second-order valence-electron chi connectivity index (χ2n) is 3.36. The maximum atomic E-state index is 9.75. The zero-order valence-corrected chi connectivity index (χ0v) is 10.2. The molecule has 0 unspecified atom stereocenters. The van der Waals surface area contributed by atoms with Crippen LogP contribution in [0.3, 0.4) is 0 Å². The van der Waals surface area contributed by atoms with E-state index in [0.717, 1.165) is 13.2 Å². The molecule has 0 amide bonds. The molecule has 104 valence electrons. The standard InChI is InChI=1S/C6H12N2.C3H4N2.BF4/c1-3-8-5-4-7(2)6-8;1-2-5-3-4-1;2-1(3,4)5/h4-5H,3,6H2,1-2H3;1-3H,(H,4,5);/q;;-1. The van der Waals surface area contributed by atoms with Crippen molar-refractivity contribution in [3.05, 3.63) is 31.1 Å². The van der Waals surface area contributed by atoms with E-state index in [9.17, 15) is 17.3 Å². The van der Waals surface area contributed by atoms with Crippen molar-refractivity contribution in [2.24, 2.45) is 0 Å². The van der Waals surface area contributed by atoms with Crippen LogP contribution in [0.15, 0.2) is 31.1 Å². The van der Waals surface area contributed by atoms with Gasteiger partial charge in [0, 0.05) is 38.4 Å². The molecule has 0 saturated heterocycles. The van der Waals surface area contributed by atoms with E-state index in [2.05, 4.69) is 46.1 Å². The third-order valence-electron chi connectivity index (χ3n) is 1.75. The molecule has 1 aliphatic rings. The van der Waals surface area contributed by atoms with Gasteiger partial charge in [-0.15, -0.1) is 0 Å².